The van der Waals surface area contributed by atoms with E-state index in [-0.39, 0.29) is 35.0 Å². The third-order valence-electron chi connectivity index (χ3n) is 6.56. The molecule has 0 aromatic heterocycles. The molecule has 4 rings (SSSR count). The Bertz CT molecular complexity index is 1600. The summed E-state index contributed by atoms with van der Waals surface area (Å²) >= 11 is 1.95. The van der Waals surface area contributed by atoms with Crippen LogP contribution in [0.4, 0.5) is 36.3 Å². The van der Waals surface area contributed by atoms with Crippen molar-refractivity contribution in [2.45, 2.75) is 50.3 Å². The van der Waals surface area contributed by atoms with Crippen LogP contribution in [-0.2, 0) is 10.0 Å². The molecule has 1 amide bonds. The molecule has 0 spiro atoms. The summed E-state index contributed by atoms with van der Waals surface area (Å²) in [6.07, 6.45) is 1.40. The zero-order valence-corrected chi connectivity index (χ0v) is 25.6. The van der Waals surface area contributed by atoms with Crippen molar-refractivity contribution in [3.8, 4) is 11.5 Å². The Balaban J connectivity index is 1.81. The smallest absolute Gasteiger partial charge is 0.412 e. The Morgan fingerprint density at radius 2 is 1.85 bits per heavy atom. The molecular formula is C29H30F2IN3O5S. The number of ether oxygens (including phenoxy) is 1. The first kappa shape index (κ1) is 30.6. The molecule has 3 aromatic carbocycles. The lowest BCUT2D eigenvalue weighted by atomic mass is 10.1. The van der Waals surface area contributed by atoms with E-state index in [9.17, 15) is 27.1 Å². The molecule has 12 heteroatoms. The number of hydrogen-bond donors (Lipinski definition) is 3. The van der Waals surface area contributed by atoms with Gasteiger partial charge in [-0.25, -0.2) is 22.0 Å². The molecule has 0 bridgehead atoms. The molecule has 3 N–H and O–H groups in total. The number of anilines is 4. The number of carbonyl (C=O) groups is 1. The van der Waals surface area contributed by atoms with Crippen molar-refractivity contribution >= 4 is 61.5 Å². The van der Waals surface area contributed by atoms with E-state index >= 15 is 0 Å². The average Bonchev–Trinajstić information content (AvgIpc) is 3.64. The standard InChI is InChI=1S/C29H30F2IN3O5S/c1-5-11-29(12-13-29)41(38,39)34-26-24(33-23-10-9-19(32)16-22(23)31)14-18(30)15-25(26)40-21-8-6-7-20(17-21)35(27(36)37)28(2,3)4/h5-10,14-17,33-34H,1,11-13H2,2-4H3,(H,36,37). The van der Waals surface area contributed by atoms with Gasteiger partial charge < -0.3 is 15.2 Å². The Labute approximate surface area is 251 Å². The number of nitrogens with zero attached hydrogens (tertiary/aromatic N) is 1. The van der Waals surface area contributed by atoms with Gasteiger partial charge in [-0.15, -0.1) is 6.58 Å². The molecule has 0 radical (unpaired) electrons. The minimum absolute atomic E-state index is 0.00100. The number of sulfonamides is 1. The first-order chi connectivity index (χ1) is 19.2. The average molecular weight is 698 g/mol. The van der Waals surface area contributed by atoms with Crippen molar-refractivity contribution in [3.05, 3.63) is 82.5 Å². The number of rotatable bonds is 10. The summed E-state index contributed by atoms with van der Waals surface area (Å²) in [5.41, 5.74) is -0.697. The van der Waals surface area contributed by atoms with Crippen LogP contribution in [0.25, 0.3) is 0 Å². The zero-order chi connectivity index (χ0) is 30.2. The summed E-state index contributed by atoms with van der Waals surface area (Å²) in [5.74, 6) is -1.47. The van der Waals surface area contributed by atoms with Crippen LogP contribution in [0.2, 0.25) is 0 Å². The van der Waals surface area contributed by atoms with Gasteiger partial charge in [-0.1, -0.05) is 12.1 Å². The Kier molecular flexibility index (Phi) is 8.55. The van der Waals surface area contributed by atoms with Crippen molar-refractivity contribution < 1.29 is 31.8 Å². The largest absolute Gasteiger partial charge is 0.465 e. The first-order valence-electron chi connectivity index (χ1n) is 12.7. The Morgan fingerprint density at radius 3 is 2.44 bits per heavy atom. The number of halogens is 3. The molecule has 1 aliphatic rings. The maximum absolute atomic E-state index is 15.0. The molecule has 0 heterocycles. The topological polar surface area (TPSA) is 108 Å². The van der Waals surface area contributed by atoms with Crippen molar-refractivity contribution in [1.82, 2.24) is 0 Å². The van der Waals surface area contributed by atoms with Crippen molar-refractivity contribution in [2.75, 3.05) is 14.9 Å². The van der Waals surface area contributed by atoms with Gasteiger partial charge in [-0.05, 0) is 99.0 Å². The monoisotopic (exact) mass is 697 g/mol. The summed E-state index contributed by atoms with van der Waals surface area (Å²) in [5, 5.41) is 12.6. The van der Waals surface area contributed by atoms with E-state index < -0.39 is 38.0 Å². The minimum atomic E-state index is -4.02. The fourth-order valence-electron chi connectivity index (χ4n) is 4.43. The molecule has 218 valence electrons. The molecule has 0 atom stereocenters. The van der Waals surface area contributed by atoms with Crippen LogP contribution < -0.4 is 19.7 Å². The van der Waals surface area contributed by atoms with Crippen molar-refractivity contribution in [1.29, 1.82) is 0 Å². The highest BCUT2D eigenvalue weighted by Gasteiger charge is 2.54. The van der Waals surface area contributed by atoms with Crippen LogP contribution >= 0.6 is 22.6 Å². The minimum Gasteiger partial charge on any atom is -0.465 e. The van der Waals surface area contributed by atoms with Crippen LogP contribution in [0.5, 0.6) is 11.5 Å². The predicted molar refractivity (Wildman–Crippen MR) is 165 cm³/mol. The fourth-order valence-corrected chi connectivity index (χ4v) is 6.55. The number of nitrogens with one attached hydrogen (secondary N) is 2. The first-order valence-corrected chi connectivity index (χ1v) is 15.2. The molecule has 8 nitrogen and oxygen atoms in total. The summed E-state index contributed by atoms with van der Waals surface area (Å²) in [6, 6.07) is 12.6. The van der Waals surface area contributed by atoms with Gasteiger partial charge in [-0.2, -0.15) is 0 Å². The van der Waals surface area contributed by atoms with Gasteiger partial charge in [0.2, 0.25) is 10.0 Å². The van der Waals surface area contributed by atoms with E-state index in [4.69, 9.17) is 4.74 Å². The van der Waals surface area contributed by atoms with E-state index in [2.05, 4.69) is 16.6 Å². The number of amides is 1. The number of carboxylic acid groups (broad SMARTS) is 1. The second-order valence-corrected chi connectivity index (χ2v) is 14.1. The molecule has 1 saturated carbocycles. The number of allylic oxidation sites excluding steroid dienone is 1. The molecule has 1 aliphatic carbocycles. The van der Waals surface area contributed by atoms with Crippen molar-refractivity contribution in [2.24, 2.45) is 0 Å². The van der Waals surface area contributed by atoms with E-state index in [1.54, 1.807) is 39.0 Å². The third-order valence-corrected chi connectivity index (χ3v) is 9.42. The Morgan fingerprint density at radius 1 is 1.15 bits per heavy atom. The molecule has 1 fully saturated rings. The second-order valence-electron chi connectivity index (χ2n) is 10.7. The molecule has 3 aromatic rings. The predicted octanol–water partition coefficient (Wildman–Crippen LogP) is 8.24. The van der Waals surface area contributed by atoms with Gasteiger partial charge >= 0.3 is 6.09 Å². The lowest BCUT2D eigenvalue weighted by Crippen LogP contribution is -2.45. The van der Waals surface area contributed by atoms with Crippen LogP contribution in [0, 0.1) is 15.2 Å². The lowest BCUT2D eigenvalue weighted by molar-refractivity contribution is 0.195. The Hall–Kier alpha value is -3.39. The molecular weight excluding hydrogens is 667 g/mol. The van der Waals surface area contributed by atoms with Crippen LogP contribution in [-0.4, -0.2) is 29.9 Å². The molecule has 0 aliphatic heterocycles. The maximum atomic E-state index is 15.0. The second kappa shape index (κ2) is 11.5. The van der Waals surface area contributed by atoms with Gasteiger partial charge in [0.15, 0.2) is 5.75 Å². The van der Waals surface area contributed by atoms with Gasteiger partial charge in [0.1, 0.15) is 23.1 Å². The fraction of sp³-hybridized carbons (Fsp3) is 0.276. The van der Waals surface area contributed by atoms with E-state index in [0.717, 1.165) is 17.0 Å². The van der Waals surface area contributed by atoms with Crippen LogP contribution in [0.1, 0.15) is 40.0 Å². The van der Waals surface area contributed by atoms with Crippen LogP contribution in [0.3, 0.4) is 0 Å². The normalized spacial score (nSPS) is 14.2. The summed E-state index contributed by atoms with van der Waals surface area (Å²) in [7, 11) is -4.02. The van der Waals surface area contributed by atoms with Gasteiger partial charge in [0.05, 0.1) is 21.8 Å². The SMILES string of the molecule is C=CCC1(S(=O)(=O)Nc2c(Nc3ccc(I)cc3F)cc(F)cc2Oc2cccc(N(C(=O)O)C(C)(C)C)c2)CC1. The van der Waals surface area contributed by atoms with E-state index in [1.807, 2.05) is 22.6 Å². The molecule has 41 heavy (non-hydrogen) atoms. The summed E-state index contributed by atoms with van der Waals surface area (Å²) in [6.45, 7) is 8.85. The van der Waals surface area contributed by atoms with E-state index in [0.29, 0.717) is 22.1 Å². The molecule has 0 unspecified atom stereocenters. The highest BCUT2D eigenvalue weighted by Crippen LogP contribution is 2.49. The zero-order valence-electron chi connectivity index (χ0n) is 22.7. The maximum Gasteiger partial charge on any atom is 0.412 e. The number of benzene rings is 3. The van der Waals surface area contributed by atoms with Crippen molar-refractivity contribution in [3.63, 3.8) is 0 Å². The van der Waals surface area contributed by atoms with Crippen LogP contribution in [0.15, 0.2) is 67.3 Å². The lowest BCUT2D eigenvalue weighted by Gasteiger charge is -2.33. The molecule has 0 saturated heterocycles. The van der Waals surface area contributed by atoms with Gasteiger partial charge in [0.25, 0.3) is 0 Å². The summed E-state index contributed by atoms with van der Waals surface area (Å²) in [4.78, 5) is 13.2. The highest BCUT2D eigenvalue weighted by molar-refractivity contribution is 14.1. The third kappa shape index (κ3) is 6.75. The number of hydrogen-bond acceptors (Lipinski definition) is 5. The highest BCUT2D eigenvalue weighted by atomic mass is 127. The van der Waals surface area contributed by atoms with E-state index in [1.165, 1.54) is 30.3 Å². The summed E-state index contributed by atoms with van der Waals surface area (Å²) < 4.78 is 64.9. The quantitative estimate of drug-likeness (QED) is 0.146. The van der Waals surface area contributed by atoms with Gasteiger partial charge in [-0.3, -0.25) is 9.62 Å². The van der Waals surface area contributed by atoms with Gasteiger partial charge in [0, 0.05) is 21.2 Å².